The van der Waals surface area contributed by atoms with E-state index in [9.17, 15) is 9.59 Å². The van der Waals surface area contributed by atoms with Gasteiger partial charge >= 0.3 is 5.97 Å². The number of aromatic carboxylic acids is 1. The van der Waals surface area contributed by atoms with E-state index >= 15 is 0 Å². The number of nitrogens with one attached hydrogen (secondary N) is 1. The summed E-state index contributed by atoms with van der Waals surface area (Å²) >= 11 is 1.13. The zero-order valence-corrected chi connectivity index (χ0v) is 11.0. The highest BCUT2D eigenvalue weighted by Crippen LogP contribution is 2.25. The van der Waals surface area contributed by atoms with Crippen LogP contribution in [-0.2, 0) is 11.3 Å². The molecule has 1 aromatic rings. The number of carboxylic acids is 1. The molecule has 0 unspecified atom stereocenters. The summed E-state index contributed by atoms with van der Waals surface area (Å²) in [4.78, 5) is 27.1. The molecule has 1 heterocycles. The topological polar surface area (TPSA) is 79.3 Å². The van der Waals surface area contributed by atoms with Crippen molar-refractivity contribution in [1.82, 2.24) is 10.3 Å². The standard InChI is InChI=1S/C12H16N2O3S/c1-7-10(12(16)17)18-9(14-7)6-13-11(15)8-4-2-3-5-8/h8H,2-6H2,1H3,(H,13,15)(H,16,17). The van der Waals surface area contributed by atoms with Gasteiger partial charge in [-0.05, 0) is 19.8 Å². The monoisotopic (exact) mass is 268 g/mol. The van der Waals surface area contributed by atoms with Gasteiger partial charge in [-0.25, -0.2) is 9.78 Å². The molecule has 1 aliphatic rings. The van der Waals surface area contributed by atoms with E-state index in [1.807, 2.05) is 0 Å². The maximum Gasteiger partial charge on any atom is 0.347 e. The molecule has 1 amide bonds. The number of carbonyl (C=O) groups excluding carboxylic acids is 1. The summed E-state index contributed by atoms with van der Waals surface area (Å²) < 4.78 is 0. The molecule has 0 saturated heterocycles. The first-order chi connectivity index (χ1) is 8.58. The SMILES string of the molecule is Cc1nc(CNC(=O)C2CCCC2)sc1C(=O)O. The first kappa shape index (κ1) is 13.0. The number of aryl methyl sites for hydroxylation is 1. The lowest BCUT2D eigenvalue weighted by molar-refractivity contribution is -0.124. The molecule has 18 heavy (non-hydrogen) atoms. The van der Waals surface area contributed by atoms with Crippen molar-refractivity contribution in [2.45, 2.75) is 39.2 Å². The van der Waals surface area contributed by atoms with Crippen LogP contribution in [0, 0.1) is 12.8 Å². The summed E-state index contributed by atoms with van der Waals surface area (Å²) in [5, 5.41) is 12.4. The molecule has 6 heteroatoms. The van der Waals surface area contributed by atoms with Crippen LogP contribution in [0.5, 0.6) is 0 Å². The van der Waals surface area contributed by atoms with Gasteiger partial charge in [-0.3, -0.25) is 4.79 Å². The van der Waals surface area contributed by atoms with E-state index in [0.29, 0.717) is 17.2 Å². The fourth-order valence-electron chi connectivity index (χ4n) is 2.22. The molecule has 1 aromatic heterocycles. The van der Waals surface area contributed by atoms with Gasteiger partial charge in [0.05, 0.1) is 12.2 Å². The van der Waals surface area contributed by atoms with Crippen LogP contribution in [0.15, 0.2) is 0 Å². The molecular weight excluding hydrogens is 252 g/mol. The number of carboxylic acid groups (broad SMARTS) is 1. The maximum absolute atomic E-state index is 11.8. The third-order valence-electron chi connectivity index (χ3n) is 3.17. The molecule has 0 bridgehead atoms. The van der Waals surface area contributed by atoms with Gasteiger partial charge in [0.15, 0.2) is 0 Å². The number of thiazole rings is 1. The normalized spacial score (nSPS) is 15.8. The van der Waals surface area contributed by atoms with Crippen LogP contribution in [0.3, 0.4) is 0 Å². The summed E-state index contributed by atoms with van der Waals surface area (Å²) in [6, 6.07) is 0. The average molecular weight is 268 g/mol. The zero-order valence-electron chi connectivity index (χ0n) is 10.2. The Labute approximate surface area is 109 Å². The lowest BCUT2D eigenvalue weighted by atomic mass is 10.1. The molecular formula is C12H16N2O3S. The second-order valence-corrected chi connectivity index (χ2v) is 5.61. The molecule has 0 radical (unpaired) electrons. The molecule has 2 N–H and O–H groups in total. The highest BCUT2D eigenvalue weighted by atomic mass is 32.1. The second-order valence-electron chi connectivity index (χ2n) is 4.53. The predicted octanol–water partition coefficient (Wildman–Crippen LogP) is 1.96. The van der Waals surface area contributed by atoms with Gasteiger partial charge in [0.25, 0.3) is 0 Å². The molecule has 5 nitrogen and oxygen atoms in total. The molecule has 1 saturated carbocycles. The van der Waals surface area contributed by atoms with Crippen LogP contribution in [-0.4, -0.2) is 22.0 Å². The third kappa shape index (κ3) is 2.87. The summed E-state index contributed by atoms with van der Waals surface area (Å²) in [6.45, 7) is 2.00. The third-order valence-corrected chi connectivity index (χ3v) is 4.32. The first-order valence-corrected chi connectivity index (χ1v) is 6.87. The van der Waals surface area contributed by atoms with E-state index in [0.717, 1.165) is 37.0 Å². The van der Waals surface area contributed by atoms with Crippen molar-refractivity contribution < 1.29 is 14.7 Å². The van der Waals surface area contributed by atoms with E-state index in [2.05, 4.69) is 10.3 Å². The molecule has 0 spiro atoms. The van der Waals surface area contributed by atoms with E-state index in [4.69, 9.17) is 5.11 Å². The summed E-state index contributed by atoms with van der Waals surface area (Å²) in [5.74, 6) is -0.763. The van der Waals surface area contributed by atoms with Crippen molar-refractivity contribution in [1.29, 1.82) is 0 Å². The lowest BCUT2D eigenvalue weighted by Crippen LogP contribution is -2.28. The molecule has 0 atom stereocenters. The van der Waals surface area contributed by atoms with Crippen LogP contribution in [0.25, 0.3) is 0 Å². The van der Waals surface area contributed by atoms with E-state index in [-0.39, 0.29) is 16.7 Å². The summed E-state index contributed by atoms with van der Waals surface area (Å²) in [5.41, 5.74) is 0.512. The van der Waals surface area contributed by atoms with E-state index in [1.54, 1.807) is 6.92 Å². The Kier molecular flexibility index (Phi) is 3.96. The predicted molar refractivity (Wildman–Crippen MR) is 67.6 cm³/mol. The fourth-order valence-corrected chi connectivity index (χ4v) is 3.06. The van der Waals surface area contributed by atoms with Crippen molar-refractivity contribution in [2.24, 2.45) is 5.92 Å². The minimum Gasteiger partial charge on any atom is -0.477 e. The molecule has 0 aromatic carbocycles. The van der Waals surface area contributed by atoms with Crippen LogP contribution in [0.2, 0.25) is 0 Å². The van der Waals surface area contributed by atoms with Crippen LogP contribution in [0.4, 0.5) is 0 Å². The van der Waals surface area contributed by atoms with Crippen molar-refractivity contribution in [3.63, 3.8) is 0 Å². The molecule has 0 aliphatic heterocycles. The van der Waals surface area contributed by atoms with Gasteiger partial charge in [0, 0.05) is 5.92 Å². The largest absolute Gasteiger partial charge is 0.477 e. The fraction of sp³-hybridized carbons (Fsp3) is 0.583. The Hall–Kier alpha value is -1.43. The van der Waals surface area contributed by atoms with E-state index < -0.39 is 5.97 Å². The first-order valence-electron chi connectivity index (χ1n) is 6.05. The van der Waals surface area contributed by atoms with Gasteiger partial charge in [0.2, 0.25) is 5.91 Å². The smallest absolute Gasteiger partial charge is 0.347 e. The van der Waals surface area contributed by atoms with Gasteiger partial charge < -0.3 is 10.4 Å². The van der Waals surface area contributed by atoms with Gasteiger partial charge in [-0.1, -0.05) is 12.8 Å². The number of nitrogens with zero attached hydrogens (tertiary/aromatic N) is 1. The highest BCUT2D eigenvalue weighted by Gasteiger charge is 2.22. The number of carbonyl (C=O) groups is 2. The number of rotatable bonds is 4. The highest BCUT2D eigenvalue weighted by molar-refractivity contribution is 7.13. The molecule has 2 rings (SSSR count). The Morgan fingerprint density at radius 1 is 1.44 bits per heavy atom. The van der Waals surface area contributed by atoms with E-state index in [1.165, 1.54) is 0 Å². The Balaban J connectivity index is 1.91. The second kappa shape index (κ2) is 5.48. The van der Waals surface area contributed by atoms with Crippen molar-refractivity contribution in [3.8, 4) is 0 Å². The minimum atomic E-state index is -0.960. The van der Waals surface area contributed by atoms with Gasteiger partial charge in [0.1, 0.15) is 9.88 Å². The maximum atomic E-state index is 11.8. The van der Waals surface area contributed by atoms with Crippen LogP contribution in [0.1, 0.15) is 46.1 Å². The summed E-state index contributed by atoms with van der Waals surface area (Å²) in [6.07, 6.45) is 4.17. The quantitative estimate of drug-likeness (QED) is 0.874. The minimum absolute atomic E-state index is 0.0669. The van der Waals surface area contributed by atoms with Crippen molar-refractivity contribution in [2.75, 3.05) is 0 Å². The number of hydrogen-bond donors (Lipinski definition) is 2. The summed E-state index contributed by atoms with van der Waals surface area (Å²) in [7, 11) is 0. The number of amides is 1. The molecule has 98 valence electrons. The van der Waals surface area contributed by atoms with Gasteiger partial charge in [-0.2, -0.15) is 0 Å². The number of hydrogen-bond acceptors (Lipinski definition) is 4. The Morgan fingerprint density at radius 3 is 2.67 bits per heavy atom. The molecule has 1 aliphatic carbocycles. The lowest BCUT2D eigenvalue weighted by Gasteiger charge is -2.08. The molecule has 1 fully saturated rings. The van der Waals surface area contributed by atoms with Crippen molar-refractivity contribution in [3.05, 3.63) is 15.6 Å². The Morgan fingerprint density at radius 2 is 2.11 bits per heavy atom. The van der Waals surface area contributed by atoms with Gasteiger partial charge in [-0.15, -0.1) is 11.3 Å². The van der Waals surface area contributed by atoms with Crippen molar-refractivity contribution >= 4 is 23.2 Å². The number of aromatic nitrogens is 1. The van der Waals surface area contributed by atoms with Crippen LogP contribution < -0.4 is 5.32 Å². The zero-order chi connectivity index (χ0) is 13.1. The van der Waals surface area contributed by atoms with Crippen LogP contribution >= 0.6 is 11.3 Å². The average Bonchev–Trinajstić information content (AvgIpc) is 2.94. The Bertz CT molecular complexity index is 464.